The SMILES string of the molecule is CC(Nc1cc([N+](=O)[O-])ccc1C(=O)O)c1nccs1. The van der Waals surface area contributed by atoms with Crippen LogP contribution in [-0.2, 0) is 0 Å². The standard InChI is InChI=1S/C12H11N3O4S/c1-7(11-13-4-5-20-11)14-10-6-8(15(18)19)2-3-9(10)12(16)17/h2-7,14H,1H3,(H,16,17). The van der Waals surface area contributed by atoms with Crippen LogP contribution in [0.15, 0.2) is 29.8 Å². The molecule has 1 heterocycles. The number of carbonyl (C=O) groups is 1. The Morgan fingerprint density at radius 2 is 2.30 bits per heavy atom. The summed E-state index contributed by atoms with van der Waals surface area (Å²) in [4.78, 5) is 25.5. The van der Waals surface area contributed by atoms with Crippen molar-refractivity contribution in [3.8, 4) is 0 Å². The molecule has 0 aliphatic rings. The van der Waals surface area contributed by atoms with Crippen molar-refractivity contribution in [2.75, 3.05) is 5.32 Å². The number of rotatable bonds is 5. The summed E-state index contributed by atoms with van der Waals surface area (Å²) in [5.74, 6) is -1.14. The van der Waals surface area contributed by atoms with Crippen molar-refractivity contribution in [2.24, 2.45) is 0 Å². The van der Waals surface area contributed by atoms with E-state index in [0.717, 1.165) is 5.01 Å². The van der Waals surface area contributed by atoms with Gasteiger partial charge in [-0.3, -0.25) is 10.1 Å². The largest absolute Gasteiger partial charge is 0.478 e. The Hall–Kier alpha value is -2.48. The fourth-order valence-electron chi connectivity index (χ4n) is 1.70. The third-order valence-corrected chi connectivity index (χ3v) is 3.60. The Labute approximate surface area is 118 Å². The fourth-order valence-corrected chi connectivity index (χ4v) is 2.34. The lowest BCUT2D eigenvalue weighted by Gasteiger charge is -2.14. The molecule has 2 N–H and O–H groups in total. The number of non-ortho nitro benzene ring substituents is 1. The first-order valence-electron chi connectivity index (χ1n) is 5.66. The van der Waals surface area contributed by atoms with Crippen molar-refractivity contribution >= 4 is 28.7 Å². The predicted molar refractivity (Wildman–Crippen MR) is 74.2 cm³/mol. The van der Waals surface area contributed by atoms with Crippen molar-refractivity contribution in [1.82, 2.24) is 4.98 Å². The topological polar surface area (TPSA) is 105 Å². The highest BCUT2D eigenvalue weighted by Crippen LogP contribution is 2.27. The molecule has 0 aliphatic heterocycles. The van der Waals surface area contributed by atoms with E-state index in [2.05, 4.69) is 10.3 Å². The number of carboxylic acid groups (broad SMARTS) is 1. The third kappa shape index (κ3) is 2.91. The van der Waals surface area contributed by atoms with Crippen molar-refractivity contribution in [1.29, 1.82) is 0 Å². The Morgan fingerprint density at radius 3 is 2.85 bits per heavy atom. The molecule has 0 aliphatic carbocycles. The number of thiazole rings is 1. The molecule has 0 fully saturated rings. The second kappa shape index (κ2) is 5.66. The zero-order valence-corrected chi connectivity index (χ0v) is 11.3. The highest BCUT2D eigenvalue weighted by molar-refractivity contribution is 7.09. The van der Waals surface area contributed by atoms with Gasteiger partial charge < -0.3 is 10.4 Å². The first-order chi connectivity index (χ1) is 9.49. The maximum absolute atomic E-state index is 11.1. The number of nitro groups is 1. The van der Waals surface area contributed by atoms with E-state index in [1.54, 1.807) is 11.6 Å². The van der Waals surface area contributed by atoms with Gasteiger partial charge in [-0.15, -0.1) is 11.3 Å². The summed E-state index contributed by atoms with van der Waals surface area (Å²) in [5, 5.41) is 25.4. The molecule has 0 bridgehead atoms. The Balaban J connectivity index is 2.35. The number of nitrogens with one attached hydrogen (secondary N) is 1. The van der Waals surface area contributed by atoms with Crippen molar-refractivity contribution < 1.29 is 14.8 Å². The minimum atomic E-state index is -1.14. The quantitative estimate of drug-likeness (QED) is 0.648. The monoisotopic (exact) mass is 293 g/mol. The van der Waals surface area contributed by atoms with Gasteiger partial charge in [0.15, 0.2) is 0 Å². The third-order valence-electron chi connectivity index (χ3n) is 2.64. The molecule has 8 heteroatoms. The van der Waals surface area contributed by atoms with Crippen LogP contribution in [0.4, 0.5) is 11.4 Å². The zero-order valence-electron chi connectivity index (χ0n) is 10.4. The second-order valence-corrected chi connectivity index (χ2v) is 4.95. The maximum Gasteiger partial charge on any atom is 0.337 e. The summed E-state index contributed by atoms with van der Waals surface area (Å²) in [6.07, 6.45) is 1.64. The van der Waals surface area contributed by atoms with Gasteiger partial charge in [-0.25, -0.2) is 9.78 Å². The average Bonchev–Trinajstić information content (AvgIpc) is 2.92. The molecule has 0 saturated carbocycles. The first-order valence-corrected chi connectivity index (χ1v) is 6.54. The van der Waals surface area contributed by atoms with Crippen LogP contribution >= 0.6 is 11.3 Å². The van der Waals surface area contributed by atoms with Gasteiger partial charge in [0.25, 0.3) is 5.69 Å². The fraction of sp³-hybridized carbons (Fsp3) is 0.167. The number of aromatic carboxylic acids is 1. The van der Waals surface area contributed by atoms with E-state index in [-0.39, 0.29) is 23.0 Å². The summed E-state index contributed by atoms with van der Waals surface area (Å²) < 4.78 is 0. The van der Waals surface area contributed by atoms with E-state index in [4.69, 9.17) is 5.11 Å². The molecule has 0 saturated heterocycles. The second-order valence-electron chi connectivity index (χ2n) is 4.03. The molecule has 2 aromatic rings. The summed E-state index contributed by atoms with van der Waals surface area (Å²) in [6, 6.07) is 3.36. The normalized spacial score (nSPS) is 11.8. The maximum atomic E-state index is 11.1. The molecule has 1 aromatic heterocycles. The lowest BCUT2D eigenvalue weighted by molar-refractivity contribution is -0.384. The minimum Gasteiger partial charge on any atom is -0.478 e. The van der Waals surface area contributed by atoms with Crippen LogP contribution < -0.4 is 5.32 Å². The molecule has 7 nitrogen and oxygen atoms in total. The Kier molecular flexibility index (Phi) is 3.94. The van der Waals surface area contributed by atoms with E-state index in [9.17, 15) is 14.9 Å². The van der Waals surface area contributed by atoms with Crippen LogP contribution in [0.25, 0.3) is 0 Å². The number of nitro benzene ring substituents is 1. The molecule has 1 aromatic carbocycles. The highest BCUT2D eigenvalue weighted by Gasteiger charge is 2.18. The van der Waals surface area contributed by atoms with E-state index >= 15 is 0 Å². The van der Waals surface area contributed by atoms with E-state index < -0.39 is 10.9 Å². The van der Waals surface area contributed by atoms with Crippen LogP contribution in [0.1, 0.15) is 28.3 Å². The number of hydrogen-bond acceptors (Lipinski definition) is 6. The molecule has 104 valence electrons. The molecule has 2 rings (SSSR count). The van der Waals surface area contributed by atoms with Crippen LogP contribution in [0.3, 0.4) is 0 Å². The number of hydrogen-bond donors (Lipinski definition) is 2. The van der Waals surface area contributed by atoms with Crippen LogP contribution in [0.2, 0.25) is 0 Å². The lowest BCUT2D eigenvalue weighted by Crippen LogP contribution is -2.11. The van der Waals surface area contributed by atoms with Crippen LogP contribution in [0, 0.1) is 10.1 Å². The minimum absolute atomic E-state index is 0.0148. The van der Waals surface area contributed by atoms with Gasteiger partial charge in [0.1, 0.15) is 5.01 Å². The summed E-state index contributed by atoms with van der Waals surface area (Å²) >= 11 is 1.42. The number of nitrogens with zero attached hydrogens (tertiary/aromatic N) is 2. The number of benzene rings is 1. The average molecular weight is 293 g/mol. The molecule has 0 spiro atoms. The number of anilines is 1. The van der Waals surface area contributed by atoms with E-state index in [0.29, 0.717) is 0 Å². The van der Waals surface area contributed by atoms with Gasteiger partial charge in [0.2, 0.25) is 0 Å². The van der Waals surface area contributed by atoms with Crippen LogP contribution in [-0.4, -0.2) is 21.0 Å². The van der Waals surface area contributed by atoms with Crippen LogP contribution in [0.5, 0.6) is 0 Å². The summed E-state index contributed by atoms with van der Waals surface area (Å²) in [6.45, 7) is 1.81. The molecule has 0 amide bonds. The molecule has 1 unspecified atom stereocenters. The molecular weight excluding hydrogens is 282 g/mol. The van der Waals surface area contributed by atoms with Gasteiger partial charge in [0, 0.05) is 23.7 Å². The summed E-state index contributed by atoms with van der Waals surface area (Å²) in [7, 11) is 0. The number of carboxylic acids is 1. The Morgan fingerprint density at radius 1 is 1.55 bits per heavy atom. The Bertz CT molecular complexity index is 642. The van der Waals surface area contributed by atoms with E-state index in [1.807, 2.05) is 6.92 Å². The van der Waals surface area contributed by atoms with Gasteiger partial charge in [-0.05, 0) is 13.0 Å². The molecule has 0 radical (unpaired) electrons. The first kappa shape index (κ1) is 13.9. The van der Waals surface area contributed by atoms with Gasteiger partial charge in [-0.2, -0.15) is 0 Å². The van der Waals surface area contributed by atoms with Crippen molar-refractivity contribution in [3.05, 3.63) is 50.5 Å². The zero-order chi connectivity index (χ0) is 14.7. The number of aromatic nitrogens is 1. The van der Waals surface area contributed by atoms with Gasteiger partial charge >= 0.3 is 5.97 Å². The summed E-state index contributed by atoms with van der Waals surface area (Å²) in [5.41, 5.74) is 0.0252. The van der Waals surface area contributed by atoms with Crippen molar-refractivity contribution in [2.45, 2.75) is 13.0 Å². The smallest absolute Gasteiger partial charge is 0.337 e. The molecule has 1 atom stereocenters. The molecule has 20 heavy (non-hydrogen) atoms. The van der Waals surface area contributed by atoms with Crippen molar-refractivity contribution in [3.63, 3.8) is 0 Å². The highest BCUT2D eigenvalue weighted by atomic mass is 32.1. The lowest BCUT2D eigenvalue weighted by atomic mass is 10.1. The van der Waals surface area contributed by atoms with Gasteiger partial charge in [-0.1, -0.05) is 0 Å². The van der Waals surface area contributed by atoms with Gasteiger partial charge in [0.05, 0.1) is 22.2 Å². The molecular formula is C12H11N3O4S. The predicted octanol–water partition coefficient (Wildman–Crippen LogP) is 2.92. The van der Waals surface area contributed by atoms with E-state index in [1.165, 1.54) is 29.5 Å².